The van der Waals surface area contributed by atoms with Crippen molar-refractivity contribution in [3.8, 4) is 28.8 Å². The summed E-state index contributed by atoms with van der Waals surface area (Å²) < 4.78 is 21.8. The van der Waals surface area contributed by atoms with Crippen LogP contribution >= 0.6 is 0 Å². The SMILES string of the molecule is C=CCOC(=O)N[C@H](C(=O)N[C@@H](CCCNC(N)=O)C(=O)Nc1ccc(C[N+]2(CCOc3ccc(CC(=O)N4CCc5cc(-c6cc(C(=O)N(c7ccc(O)cc7)c7cc(C#N)n(C)c7C)c(C)n6C)c(C(=O)N6Cc7ccccc7C[C@H]6C)cc5C4)cc3)CCOCC2)c(CNC)c1)C(C)C. The van der Waals surface area contributed by atoms with Crippen LogP contribution in [0, 0.1) is 31.1 Å². The number of nitrogens with one attached hydrogen (secondary N) is 5. The number of hydrogen-bond acceptors (Lipinski definition) is 13. The minimum Gasteiger partial charge on any atom is -0.508 e. The molecule has 7 aromatic rings. The normalized spacial score (nSPS) is 15.2. The Morgan fingerprint density at radius 1 is 0.843 bits per heavy atom. The second-order valence-corrected chi connectivity index (χ2v) is 27.1. The van der Waals surface area contributed by atoms with Crippen molar-refractivity contribution in [2.75, 3.05) is 76.4 Å². The van der Waals surface area contributed by atoms with Crippen LogP contribution in [0.4, 0.5) is 26.7 Å². The van der Waals surface area contributed by atoms with E-state index in [1.807, 2.05) is 109 Å². The number of nitrogens with two attached hydrogens (primary N) is 1. The van der Waals surface area contributed by atoms with E-state index in [9.17, 15) is 34.3 Å². The van der Waals surface area contributed by atoms with Crippen LogP contribution in [0.5, 0.6) is 11.5 Å². The van der Waals surface area contributed by atoms with Gasteiger partial charge in [-0.1, -0.05) is 69.0 Å². The lowest BCUT2D eigenvalue weighted by molar-refractivity contribution is -0.947. The zero-order chi connectivity index (χ0) is 72.9. The van der Waals surface area contributed by atoms with Gasteiger partial charge in [-0.3, -0.25) is 28.9 Å². The topological polar surface area (TPSA) is 297 Å². The van der Waals surface area contributed by atoms with Gasteiger partial charge in [-0.25, -0.2) is 9.59 Å². The Balaban J connectivity index is 0.818. The molecule has 1 saturated heterocycles. The lowest BCUT2D eigenvalue weighted by Gasteiger charge is -2.41. The number of benzene rings is 5. The Kier molecular flexibility index (Phi) is 24.0. The summed E-state index contributed by atoms with van der Waals surface area (Å²) >= 11 is 0. The fourth-order valence-corrected chi connectivity index (χ4v) is 13.8. The van der Waals surface area contributed by atoms with Gasteiger partial charge in [-0.15, -0.1) is 0 Å². The molecular formula is C78H94N13O11+. The van der Waals surface area contributed by atoms with E-state index in [2.05, 4.69) is 64.4 Å². The maximum Gasteiger partial charge on any atom is 0.408 e. The van der Waals surface area contributed by atoms with Gasteiger partial charge in [0.2, 0.25) is 17.7 Å². The van der Waals surface area contributed by atoms with Crippen LogP contribution in [0.25, 0.3) is 11.3 Å². The van der Waals surface area contributed by atoms with Gasteiger partial charge in [0.1, 0.15) is 74.7 Å². The van der Waals surface area contributed by atoms with E-state index < -0.39 is 36.0 Å². The molecule has 10 rings (SSSR count). The molecule has 3 aliphatic rings. The van der Waals surface area contributed by atoms with Crippen LogP contribution in [-0.2, 0) is 83.4 Å². The fourth-order valence-electron chi connectivity index (χ4n) is 13.8. The average molecular weight is 1390 g/mol. The highest BCUT2D eigenvalue weighted by Gasteiger charge is 2.36. The van der Waals surface area contributed by atoms with Crippen molar-refractivity contribution < 1.29 is 57.4 Å². The van der Waals surface area contributed by atoms with Crippen molar-refractivity contribution in [2.45, 2.75) is 111 Å². The summed E-state index contributed by atoms with van der Waals surface area (Å²) in [6.07, 6.45) is 2.46. The summed E-state index contributed by atoms with van der Waals surface area (Å²) in [6, 6.07) is 34.9. The maximum absolute atomic E-state index is 15.4. The Morgan fingerprint density at radius 3 is 2.26 bits per heavy atom. The first-order valence-corrected chi connectivity index (χ1v) is 34.8. The van der Waals surface area contributed by atoms with Gasteiger partial charge in [-0.05, 0) is 166 Å². The Morgan fingerprint density at radius 2 is 1.58 bits per heavy atom. The standard InChI is InChI=1S/C78H93N13O11/c1-10-33-102-78(99)85-72(49(2)3)74(95)84-68(16-13-28-82-77(80)98)73(94)83-60-20-19-57(58(39-60)45-81-7)48-91(30-34-100-35-31-91)32-36-101-64-25-17-53(18-26-64)38-71(93)88-29-27-55-40-66(67(41-59(55)46-88)75(96)89-47-56-15-12-11-14-54(56)37-50(89)4)70-43-65(51(5)87(70)9)76(97)90(61-21-23-63(92)24-22-61)69-42-62(44-79)86(8)52(69)6/h10-12,14-15,17-26,39-43,49-50,68,72,81H,1,13,16,27-38,45-48H2,2-9H3,(H6-,80,82,83,84,85,92,94,95,98,99)/p+1/t50-,68+,72+/m1/s1. The quantitative estimate of drug-likeness (QED) is 0.0144. The van der Waals surface area contributed by atoms with Crippen LogP contribution in [0.1, 0.15) is 110 Å². The van der Waals surface area contributed by atoms with E-state index in [1.165, 1.54) is 23.8 Å². The van der Waals surface area contributed by atoms with E-state index in [0.717, 1.165) is 46.5 Å². The molecule has 536 valence electrons. The van der Waals surface area contributed by atoms with Crippen molar-refractivity contribution in [3.05, 3.63) is 195 Å². The number of morpholine rings is 1. The van der Waals surface area contributed by atoms with Gasteiger partial charge < -0.3 is 75.1 Å². The number of hydrogen-bond donors (Lipinski definition) is 7. The largest absolute Gasteiger partial charge is 0.508 e. The Hall–Kier alpha value is -10.7. The van der Waals surface area contributed by atoms with Crippen molar-refractivity contribution in [1.82, 2.24) is 40.2 Å². The third-order valence-corrected chi connectivity index (χ3v) is 20.0. The molecule has 0 saturated carbocycles. The fraction of sp³-hybridized carbons (Fsp3) is 0.385. The zero-order valence-corrected chi connectivity index (χ0v) is 59.5. The molecule has 8 N–H and O–H groups in total. The number of carbonyl (C=O) groups is 7. The highest BCUT2D eigenvalue weighted by atomic mass is 16.5. The predicted molar refractivity (Wildman–Crippen MR) is 389 cm³/mol. The number of amides is 8. The van der Waals surface area contributed by atoms with E-state index >= 15 is 9.59 Å². The predicted octanol–water partition coefficient (Wildman–Crippen LogP) is 8.87. The number of phenols is 1. The molecule has 1 fully saturated rings. The van der Waals surface area contributed by atoms with Gasteiger partial charge in [0.05, 0.1) is 30.9 Å². The highest BCUT2D eigenvalue weighted by molar-refractivity contribution is 6.13. The molecule has 8 amide bonds. The average Bonchev–Trinajstić information content (AvgIpc) is 1.40. The van der Waals surface area contributed by atoms with E-state index in [0.29, 0.717) is 145 Å². The number of aromatic hydroxyl groups is 1. The minimum absolute atomic E-state index is 0.0391. The maximum atomic E-state index is 15.4. The molecule has 24 nitrogen and oxygen atoms in total. The van der Waals surface area contributed by atoms with Crippen LogP contribution in [0.15, 0.2) is 128 Å². The van der Waals surface area contributed by atoms with Gasteiger partial charge in [0.25, 0.3) is 11.8 Å². The first kappa shape index (κ1) is 74.0. The number of ether oxygens (including phenoxy) is 3. The van der Waals surface area contributed by atoms with Gasteiger partial charge in [-0.2, -0.15) is 5.26 Å². The molecule has 0 unspecified atom stereocenters. The number of rotatable bonds is 27. The van der Waals surface area contributed by atoms with Crippen LogP contribution in [0.3, 0.4) is 0 Å². The summed E-state index contributed by atoms with van der Waals surface area (Å²) in [5.74, 6) is -1.27. The molecule has 0 radical (unpaired) electrons. The van der Waals surface area contributed by atoms with Gasteiger partial charge >= 0.3 is 12.1 Å². The van der Waals surface area contributed by atoms with Crippen LogP contribution < -0.4 is 42.0 Å². The number of aromatic nitrogens is 2. The minimum atomic E-state index is -1.04. The van der Waals surface area contributed by atoms with E-state index in [-0.39, 0.29) is 61.4 Å². The van der Waals surface area contributed by atoms with Crippen LogP contribution in [-0.4, -0.2) is 155 Å². The second-order valence-electron chi connectivity index (χ2n) is 27.1. The number of phenolic OH excluding ortho intramolecular Hbond substituents is 1. The lowest BCUT2D eigenvalue weighted by atomic mass is 9.89. The van der Waals surface area contributed by atoms with Crippen molar-refractivity contribution in [2.24, 2.45) is 25.7 Å². The van der Waals surface area contributed by atoms with Gasteiger partial charge in [0, 0.05) is 98.0 Å². The summed E-state index contributed by atoms with van der Waals surface area (Å²) in [5.41, 5.74) is 17.8. The third kappa shape index (κ3) is 17.3. The number of primary amides is 1. The number of nitrogens with zero attached hydrogens (tertiary/aromatic N) is 7. The molecule has 3 atom stereocenters. The first-order chi connectivity index (χ1) is 49.0. The lowest BCUT2D eigenvalue weighted by Crippen LogP contribution is -2.56. The molecule has 102 heavy (non-hydrogen) atoms. The number of alkyl carbamates (subject to hydrolysis) is 1. The van der Waals surface area contributed by atoms with E-state index in [4.69, 9.17) is 19.9 Å². The van der Waals surface area contributed by atoms with Crippen molar-refractivity contribution >= 4 is 58.7 Å². The third-order valence-electron chi connectivity index (χ3n) is 20.0. The number of nitriles is 1. The molecule has 0 aliphatic carbocycles. The molecule has 24 heteroatoms. The molecule has 0 spiro atoms. The summed E-state index contributed by atoms with van der Waals surface area (Å²) in [7, 11) is 5.52. The summed E-state index contributed by atoms with van der Waals surface area (Å²) in [5, 5.41) is 34.5. The number of urea groups is 1. The van der Waals surface area contributed by atoms with Crippen molar-refractivity contribution in [3.63, 3.8) is 0 Å². The van der Waals surface area contributed by atoms with Crippen LogP contribution in [0.2, 0.25) is 0 Å². The summed E-state index contributed by atoms with van der Waals surface area (Å²) in [4.78, 5) is 102. The second kappa shape index (κ2) is 33.2. The number of carbonyl (C=O) groups excluding carboxylic acids is 7. The monoisotopic (exact) mass is 1390 g/mol. The zero-order valence-electron chi connectivity index (χ0n) is 59.5. The highest BCUT2D eigenvalue weighted by Crippen LogP contribution is 2.39. The summed E-state index contributed by atoms with van der Waals surface area (Å²) in [6.45, 7) is 19.1. The number of quaternary nitrogens is 1. The van der Waals surface area contributed by atoms with Crippen molar-refractivity contribution in [1.29, 1.82) is 5.26 Å². The number of anilines is 3. The molecule has 0 bridgehead atoms. The molecule has 5 aromatic carbocycles. The Bertz CT molecular complexity index is 4300. The Labute approximate surface area is 595 Å². The van der Waals surface area contributed by atoms with E-state index in [1.54, 1.807) is 48.6 Å². The number of fused-ring (bicyclic) bond motifs is 2. The molecule has 5 heterocycles. The molecule has 2 aromatic heterocycles. The first-order valence-electron chi connectivity index (χ1n) is 34.8. The smallest absolute Gasteiger partial charge is 0.408 e. The van der Waals surface area contributed by atoms with Gasteiger partial charge in [0.15, 0.2) is 0 Å². The molecular weight excluding hydrogens is 1290 g/mol. The molecule has 3 aliphatic heterocycles.